The van der Waals surface area contributed by atoms with Crippen LogP contribution in [0.2, 0.25) is 10.0 Å². The lowest BCUT2D eigenvalue weighted by atomic mass is 10.1. The van der Waals surface area contributed by atoms with Gasteiger partial charge in [-0.3, -0.25) is 9.97 Å². The predicted molar refractivity (Wildman–Crippen MR) is 197 cm³/mol. The maximum Gasteiger partial charge on any atom is 0.508 e. The molecule has 0 N–H and O–H groups in total. The van der Waals surface area contributed by atoms with Crippen LogP contribution in [0.3, 0.4) is 0 Å². The van der Waals surface area contributed by atoms with Gasteiger partial charge < -0.3 is 9.47 Å². The maximum absolute atomic E-state index is 15.0. The van der Waals surface area contributed by atoms with E-state index in [1.54, 1.807) is 0 Å². The third-order valence-electron chi connectivity index (χ3n) is 8.33. The molecule has 0 aliphatic carbocycles. The van der Waals surface area contributed by atoms with Crippen molar-refractivity contribution < 1.29 is 48.7 Å². The molecule has 0 aliphatic rings. The van der Waals surface area contributed by atoms with E-state index in [1.807, 2.05) is 0 Å². The number of rotatable bonds is 12. The van der Waals surface area contributed by atoms with Crippen LogP contribution in [-0.2, 0) is 42.4 Å². The highest BCUT2D eigenvalue weighted by Crippen LogP contribution is 2.38. The lowest BCUT2D eigenvalue weighted by Gasteiger charge is -2.19. The summed E-state index contributed by atoms with van der Waals surface area (Å²) in [4.78, 5) is 20.4. The summed E-state index contributed by atoms with van der Waals surface area (Å²) in [6.45, 7) is -0.759. The summed E-state index contributed by atoms with van der Waals surface area (Å²) < 4.78 is 124. The first-order chi connectivity index (χ1) is 26.6. The topological polar surface area (TPSA) is 130 Å². The van der Waals surface area contributed by atoms with Crippen LogP contribution >= 0.6 is 23.2 Å². The number of hydrogen-bond acceptors (Lipinski definition) is 9. The van der Waals surface area contributed by atoms with E-state index < -0.39 is 70.7 Å². The molecule has 0 fully saturated rings. The van der Waals surface area contributed by atoms with Crippen LogP contribution in [-0.4, -0.2) is 33.0 Å². The van der Waals surface area contributed by atoms with Crippen molar-refractivity contribution in [2.75, 3.05) is 0 Å². The highest BCUT2D eigenvalue weighted by atomic mass is 35.5. The number of hydrogen-bond donors (Lipinski definition) is 0. The lowest BCUT2D eigenvalue weighted by Crippen LogP contribution is -2.18. The first kappa shape index (κ1) is 40.3. The van der Waals surface area contributed by atoms with E-state index in [0.717, 1.165) is 36.4 Å². The summed E-state index contributed by atoms with van der Waals surface area (Å²) in [5.74, 6) is -3.67. The van der Waals surface area contributed by atoms with Gasteiger partial charge in [0.25, 0.3) is 0 Å². The zero-order valence-corrected chi connectivity index (χ0v) is 31.6. The molecule has 0 amide bonds. The fourth-order valence-electron chi connectivity index (χ4n) is 5.60. The Morgan fingerprint density at radius 2 is 0.929 bits per heavy atom. The van der Waals surface area contributed by atoms with Crippen molar-refractivity contribution in [1.29, 1.82) is 0 Å². The molecule has 2 unspecified atom stereocenters. The molecule has 6 aromatic rings. The van der Waals surface area contributed by atoms with Gasteiger partial charge in [-0.05, 0) is 97.1 Å². The van der Waals surface area contributed by atoms with E-state index in [9.17, 15) is 39.2 Å². The summed E-state index contributed by atoms with van der Waals surface area (Å²) in [6, 6.07) is 20.5. The number of carbonyl (C=O) groups is 1. The molecule has 0 bridgehead atoms. The van der Waals surface area contributed by atoms with Crippen molar-refractivity contribution in [1.82, 2.24) is 9.97 Å². The third kappa shape index (κ3) is 9.02. The van der Waals surface area contributed by atoms with Gasteiger partial charge in [0.2, 0.25) is 0 Å². The minimum absolute atomic E-state index is 0.143. The van der Waals surface area contributed by atoms with Gasteiger partial charge in [0.15, 0.2) is 19.7 Å². The number of pyridine rings is 2. The molecule has 0 saturated heterocycles. The molecule has 17 heteroatoms. The van der Waals surface area contributed by atoms with Crippen molar-refractivity contribution in [3.8, 4) is 0 Å². The van der Waals surface area contributed by atoms with Crippen molar-refractivity contribution in [2.45, 2.75) is 33.5 Å². The van der Waals surface area contributed by atoms with Gasteiger partial charge in [-0.15, -0.1) is 0 Å². The molecular weight excluding hydrogens is 819 g/mol. The zero-order valence-electron chi connectivity index (χ0n) is 28.5. The van der Waals surface area contributed by atoms with Crippen LogP contribution in [0.1, 0.15) is 44.1 Å². The highest BCUT2D eigenvalue weighted by Gasteiger charge is 2.36. The predicted octanol–water partition coefficient (Wildman–Crippen LogP) is 9.32. The van der Waals surface area contributed by atoms with Gasteiger partial charge in [-0.25, -0.2) is 39.2 Å². The summed E-state index contributed by atoms with van der Waals surface area (Å²) in [7, 11) is -8.77. The quantitative estimate of drug-likeness (QED) is 0.0874. The average Bonchev–Trinajstić information content (AvgIpc) is 3.17. The molecule has 288 valence electrons. The Kier molecular flexibility index (Phi) is 12.1. The molecule has 2 aromatic heterocycles. The molecule has 56 heavy (non-hydrogen) atoms. The van der Waals surface area contributed by atoms with Crippen molar-refractivity contribution in [3.63, 3.8) is 0 Å². The Morgan fingerprint density at radius 3 is 1.27 bits per heavy atom. The highest BCUT2D eigenvalue weighted by molar-refractivity contribution is 7.92. The van der Waals surface area contributed by atoms with Crippen molar-refractivity contribution >= 4 is 49.0 Å². The molecule has 6 rings (SSSR count). The maximum atomic E-state index is 15.0. The monoisotopic (exact) mass is 844 g/mol. The van der Waals surface area contributed by atoms with Crippen LogP contribution in [0.4, 0.5) is 22.4 Å². The minimum Gasteiger partial charge on any atom is -0.429 e. The molecule has 0 aliphatic heterocycles. The number of nitrogens with zero attached hydrogens (tertiary/aromatic N) is 2. The lowest BCUT2D eigenvalue weighted by molar-refractivity contribution is 0.0445. The van der Waals surface area contributed by atoms with Crippen LogP contribution in [0, 0.1) is 23.3 Å². The van der Waals surface area contributed by atoms with Crippen LogP contribution < -0.4 is 0 Å². The van der Waals surface area contributed by atoms with Crippen LogP contribution in [0.15, 0.2) is 131 Å². The SMILES string of the molecule is O=C(OCc1ccc(C(c2cc(F)ccc2F)S(=O)(=O)c2ccc(Cl)cc2)nc1)OCc1ccc(C(c2cc(F)ccc2F)S(=O)(=O)c2ccc(Cl)cc2)nc1. The first-order valence-corrected chi connectivity index (χ1v) is 20.1. The second-order valence-electron chi connectivity index (χ2n) is 12.1. The van der Waals surface area contributed by atoms with E-state index in [4.69, 9.17) is 32.7 Å². The number of benzene rings is 4. The van der Waals surface area contributed by atoms with Gasteiger partial charge in [0.05, 0.1) is 21.2 Å². The van der Waals surface area contributed by atoms with Gasteiger partial charge in [-0.2, -0.15) is 0 Å². The smallest absolute Gasteiger partial charge is 0.429 e. The summed E-state index contributed by atoms with van der Waals surface area (Å²) >= 11 is 11.8. The molecule has 2 atom stereocenters. The average molecular weight is 846 g/mol. The largest absolute Gasteiger partial charge is 0.508 e. The van der Waals surface area contributed by atoms with Crippen molar-refractivity contribution in [3.05, 3.63) is 189 Å². The minimum atomic E-state index is -4.39. The summed E-state index contributed by atoms with van der Waals surface area (Å²) in [6.07, 6.45) is 1.26. The zero-order chi connectivity index (χ0) is 40.2. The van der Waals surface area contributed by atoms with E-state index in [0.29, 0.717) is 0 Å². The van der Waals surface area contributed by atoms with Crippen LogP contribution in [0.25, 0.3) is 0 Å². The van der Waals surface area contributed by atoms with E-state index in [-0.39, 0.29) is 55.6 Å². The molecule has 9 nitrogen and oxygen atoms in total. The second-order valence-corrected chi connectivity index (χ2v) is 17.0. The molecular formula is C39H26Cl2F4N2O7S2. The molecule has 2 heterocycles. The molecule has 0 spiro atoms. The Balaban J connectivity index is 1.14. The van der Waals surface area contributed by atoms with Gasteiger partial charge in [0, 0.05) is 44.7 Å². The molecule has 0 radical (unpaired) electrons. The summed E-state index contributed by atoms with van der Waals surface area (Å²) in [5.41, 5.74) is -0.650. The number of ether oxygens (including phenoxy) is 2. The standard InChI is InChI=1S/C39H26Cl2F4N2O7S2/c40-25-3-9-29(10-4-25)55(49,50)37(31-17-27(42)7-13-33(31)44)35-15-1-23(19-46-35)21-53-39(48)54-22-24-2-16-36(47-20-24)38(32-18-28(43)8-14-34(32)45)56(51,52)30-11-5-26(41)6-12-30/h1-20,37-38H,21-22H2. The van der Waals surface area contributed by atoms with Crippen molar-refractivity contribution in [2.24, 2.45) is 0 Å². The number of sulfone groups is 2. The first-order valence-electron chi connectivity index (χ1n) is 16.2. The number of halogens is 6. The Labute approximate surface area is 328 Å². The fourth-order valence-corrected chi connectivity index (χ4v) is 9.37. The van der Waals surface area contributed by atoms with Gasteiger partial charge in [-0.1, -0.05) is 35.3 Å². The van der Waals surface area contributed by atoms with Gasteiger partial charge in [0.1, 0.15) is 47.0 Å². The van der Waals surface area contributed by atoms with Gasteiger partial charge >= 0.3 is 6.16 Å². The van der Waals surface area contributed by atoms with E-state index in [1.165, 1.54) is 85.2 Å². The molecule has 4 aromatic carbocycles. The Morgan fingerprint density at radius 1 is 0.554 bits per heavy atom. The molecule has 0 saturated carbocycles. The van der Waals surface area contributed by atoms with Crippen LogP contribution in [0.5, 0.6) is 0 Å². The van der Waals surface area contributed by atoms with E-state index in [2.05, 4.69) is 9.97 Å². The Hall–Kier alpha value is -5.35. The van der Waals surface area contributed by atoms with E-state index >= 15 is 0 Å². The Bertz CT molecular complexity index is 2420. The number of carbonyl (C=O) groups excluding carboxylic acids is 1. The second kappa shape index (κ2) is 16.8. The fraction of sp³-hybridized carbons (Fsp3) is 0.103. The third-order valence-corrected chi connectivity index (χ3v) is 12.9. The summed E-state index contributed by atoms with van der Waals surface area (Å²) in [5, 5.41) is -2.97. The normalized spacial score (nSPS) is 12.8. The number of aromatic nitrogens is 2.